The number of H-pyrrole nitrogens is 1. The Balaban J connectivity index is 1.74. The van der Waals surface area contributed by atoms with E-state index in [0.717, 1.165) is 43.9 Å². The molecule has 0 atom stereocenters. The number of imidazole rings is 1. The highest BCUT2D eigenvalue weighted by molar-refractivity contribution is 7.07. The third-order valence-electron chi connectivity index (χ3n) is 3.02. The summed E-state index contributed by atoms with van der Waals surface area (Å²) in [5.74, 6) is 1.00. The molecular weight excluding hydrogens is 278 g/mol. The van der Waals surface area contributed by atoms with Gasteiger partial charge in [-0.25, -0.2) is 4.98 Å². The highest BCUT2D eigenvalue weighted by Crippen LogP contribution is 2.14. The van der Waals surface area contributed by atoms with Crippen LogP contribution in [0.4, 0.5) is 0 Å². The minimum Gasteiger partial charge on any atom is -0.344 e. The number of nitrogens with zero attached hydrogens (tertiary/aromatic N) is 1. The van der Waals surface area contributed by atoms with Gasteiger partial charge in [-0.2, -0.15) is 11.3 Å². The fourth-order valence-corrected chi connectivity index (χ4v) is 2.82. The standard InChI is InChI=1S/C14H20ClN3S/c1-2-3-4-13-17-12(14(15)18-13)9-16-7-5-11-6-8-19-10-11/h6,8,10,16H,2-5,7,9H2,1H3,(H,17,18). The summed E-state index contributed by atoms with van der Waals surface area (Å²) in [5.41, 5.74) is 2.38. The van der Waals surface area contributed by atoms with E-state index in [1.807, 2.05) is 0 Å². The van der Waals surface area contributed by atoms with Gasteiger partial charge in [-0.05, 0) is 41.8 Å². The Hall–Kier alpha value is -0.840. The maximum Gasteiger partial charge on any atom is 0.151 e. The summed E-state index contributed by atoms with van der Waals surface area (Å²) >= 11 is 7.86. The Bertz CT molecular complexity index is 479. The number of rotatable bonds is 8. The molecule has 0 amide bonds. The van der Waals surface area contributed by atoms with Crippen molar-refractivity contribution >= 4 is 22.9 Å². The van der Waals surface area contributed by atoms with Crippen LogP contribution in [0.25, 0.3) is 0 Å². The lowest BCUT2D eigenvalue weighted by molar-refractivity contribution is 0.675. The number of hydrogen-bond donors (Lipinski definition) is 2. The zero-order chi connectivity index (χ0) is 13.5. The lowest BCUT2D eigenvalue weighted by Gasteiger charge is -2.02. The second-order valence-electron chi connectivity index (χ2n) is 4.61. The molecular formula is C14H20ClN3S. The zero-order valence-corrected chi connectivity index (χ0v) is 12.8. The summed E-state index contributed by atoms with van der Waals surface area (Å²) in [6, 6.07) is 2.17. The first-order chi connectivity index (χ1) is 9.29. The van der Waals surface area contributed by atoms with Gasteiger partial charge in [-0.1, -0.05) is 24.9 Å². The van der Waals surface area contributed by atoms with Crippen molar-refractivity contribution in [3.8, 4) is 0 Å². The summed E-state index contributed by atoms with van der Waals surface area (Å²) in [7, 11) is 0. The van der Waals surface area contributed by atoms with Crippen LogP contribution in [0.2, 0.25) is 5.15 Å². The normalized spacial score (nSPS) is 11.1. The number of unbranched alkanes of at least 4 members (excludes halogenated alkanes) is 1. The Labute approximate surface area is 123 Å². The van der Waals surface area contributed by atoms with Crippen molar-refractivity contribution in [3.63, 3.8) is 0 Å². The van der Waals surface area contributed by atoms with Crippen LogP contribution in [0.3, 0.4) is 0 Å². The summed E-state index contributed by atoms with van der Waals surface area (Å²) in [6.45, 7) is 3.88. The Morgan fingerprint density at radius 1 is 1.42 bits per heavy atom. The van der Waals surface area contributed by atoms with Gasteiger partial charge in [-0.3, -0.25) is 0 Å². The SMILES string of the molecule is CCCCc1nc(Cl)c(CNCCc2ccsc2)[nH]1. The molecule has 2 aromatic rings. The second-order valence-corrected chi connectivity index (χ2v) is 5.75. The quantitative estimate of drug-likeness (QED) is 0.728. The van der Waals surface area contributed by atoms with Crippen molar-refractivity contribution in [3.05, 3.63) is 39.1 Å². The Morgan fingerprint density at radius 3 is 3.05 bits per heavy atom. The minimum atomic E-state index is 0.606. The highest BCUT2D eigenvalue weighted by Gasteiger charge is 2.07. The molecule has 0 saturated carbocycles. The van der Waals surface area contributed by atoms with Crippen LogP contribution in [-0.2, 0) is 19.4 Å². The van der Waals surface area contributed by atoms with Crippen LogP contribution in [0.1, 0.15) is 36.8 Å². The van der Waals surface area contributed by atoms with E-state index in [4.69, 9.17) is 11.6 Å². The number of thiophene rings is 1. The number of hydrogen-bond acceptors (Lipinski definition) is 3. The van der Waals surface area contributed by atoms with Gasteiger partial charge < -0.3 is 10.3 Å². The van der Waals surface area contributed by atoms with Gasteiger partial charge in [0, 0.05) is 13.0 Å². The van der Waals surface area contributed by atoms with Crippen molar-refractivity contribution in [2.75, 3.05) is 6.54 Å². The van der Waals surface area contributed by atoms with Crippen molar-refractivity contribution in [2.45, 2.75) is 39.2 Å². The molecule has 0 bridgehead atoms. The maximum atomic E-state index is 6.12. The van der Waals surface area contributed by atoms with Crippen LogP contribution >= 0.6 is 22.9 Å². The third kappa shape index (κ3) is 4.64. The molecule has 0 radical (unpaired) electrons. The summed E-state index contributed by atoms with van der Waals surface area (Å²) < 4.78 is 0. The fourth-order valence-electron chi connectivity index (χ4n) is 1.90. The van der Waals surface area contributed by atoms with E-state index in [0.29, 0.717) is 5.15 Å². The minimum absolute atomic E-state index is 0.606. The molecule has 104 valence electrons. The predicted octanol–water partition coefficient (Wildman–Crippen LogP) is 3.80. The number of aromatic nitrogens is 2. The Kier molecular flexibility index (Phi) is 5.89. The van der Waals surface area contributed by atoms with Crippen LogP contribution in [0.15, 0.2) is 16.8 Å². The number of aromatic amines is 1. The molecule has 0 aliphatic heterocycles. The van der Waals surface area contributed by atoms with Gasteiger partial charge in [0.1, 0.15) is 5.82 Å². The van der Waals surface area contributed by atoms with E-state index in [2.05, 4.69) is 39.0 Å². The van der Waals surface area contributed by atoms with Crippen LogP contribution in [-0.4, -0.2) is 16.5 Å². The average molecular weight is 298 g/mol. The van der Waals surface area contributed by atoms with Crippen LogP contribution in [0, 0.1) is 0 Å². The molecule has 2 N–H and O–H groups in total. The number of nitrogens with one attached hydrogen (secondary N) is 2. The van der Waals surface area contributed by atoms with E-state index < -0.39 is 0 Å². The topological polar surface area (TPSA) is 40.7 Å². The van der Waals surface area contributed by atoms with Gasteiger partial charge in [-0.15, -0.1) is 0 Å². The largest absolute Gasteiger partial charge is 0.344 e. The molecule has 0 saturated heterocycles. The summed E-state index contributed by atoms with van der Waals surface area (Å²) in [6.07, 6.45) is 4.35. The van der Waals surface area contributed by atoms with Gasteiger partial charge in [0.15, 0.2) is 5.15 Å². The number of halogens is 1. The number of aryl methyl sites for hydroxylation is 1. The predicted molar refractivity (Wildman–Crippen MR) is 81.9 cm³/mol. The summed E-state index contributed by atoms with van der Waals surface area (Å²) in [4.78, 5) is 7.65. The monoisotopic (exact) mass is 297 g/mol. The molecule has 2 aromatic heterocycles. The van der Waals surface area contributed by atoms with Gasteiger partial charge in [0.2, 0.25) is 0 Å². The van der Waals surface area contributed by atoms with E-state index in [1.165, 1.54) is 12.0 Å². The third-order valence-corrected chi connectivity index (χ3v) is 4.06. The zero-order valence-electron chi connectivity index (χ0n) is 11.2. The molecule has 3 nitrogen and oxygen atoms in total. The molecule has 0 unspecified atom stereocenters. The first-order valence-electron chi connectivity index (χ1n) is 6.74. The van der Waals surface area contributed by atoms with Crippen molar-refractivity contribution < 1.29 is 0 Å². The van der Waals surface area contributed by atoms with E-state index in [1.54, 1.807) is 11.3 Å². The lowest BCUT2D eigenvalue weighted by Crippen LogP contribution is -2.17. The molecule has 19 heavy (non-hydrogen) atoms. The second kappa shape index (κ2) is 7.68. The smallest absolute Gasteiger partial charge is 0.151 e. The van der Waals surface area contributed by atoms with Crippen molar-refractivity contribution in [1.29, 1.82) is 0 Å². The first kappa shape index (κ1) is 14.6. The van der Waals surface area contributed by atoms with Crippen molar-refractivity contribution in [1.82, 2.24) is 15.3 Å². The lowest BCUT2D eigenvalue weighted by atomic mass is 10.2. The molecule has 2 rings (SSSR count). The van der Waals surface area contributed by atoms with E-state index in [9.17, 15) is 0 Å². The van der Waals surface area contributed by atoms with Gasteiger partial charge in [0.25, 0.3) is 0 Å². The molecule has 0 aromatic carbocycles. The van der Waals surface area contributed by atoms with Gasteiger partial charge in [0.05, 0.1) is 5.69 Å². The molecule has 5 heteroatoms. The van der Waals surface area contributed by atoms with Crippen LogP contribution in [0.5, 0.6) is 0 Å². The fraction of sp³-hybridized carbons (Fsp3) is 0.500. The molecule has 0 spiro atoms. The molecule has 0 fully saturated rings. The highest BCUT2D eigenvalue weighted by atomic mass is 35.5. The first-order valence-corrected chi connectivity index (χ1v) is 8.06. The molecule has 0 aliphatic carbocycles. The van der Waals surface area contributed by atoms with E-state index >= 15 is 0 Å². The maximum absolute atomic E-state index is 6.12. The van der Waals surface area contributed by atoms with Crippen LogP contribution < -0.4 is 5.32 Å². The average Bonchev–Trinajstić information content (AvgIpc) is 3.02. The molecule has 2 heterocycles. The molecule has 0 aliphatic rings. The Morgan fingerprint density at radius 2 is 2.32 bits per heavy atom. The van der Waals surface area contributed by atoms with E-state index in [-0.39, 0.29) is 0 Å². The van der Waals surface area contributed by atoms with Gasteiger partial charge >= 0.3 is 0 Å². The summed E-state index contributed by atoms with van der Waals surface area (Å²) in [5, 5.41) is 8.31. The van der Waals surface area contributed by atoms with Crippen molar-refractivity contribution in [2.24, 2.45) is 0 Å².